The molecule has 12 heavy (non-hydrogen) atoms. The fourth-order valence-corrected chi connectivity index (χ4v) is 1.17. The van der Waals surface area contributed by atoms with Crippen molar-refractivity contribution in [2.45, 2.75) is 46.5 Å². The second-order valence-corrected chi connectivity index (χ2v) is 3.22. The number of carbonyl (C=O) groups is 1. The lowest BCUT2D eigenvalue weighted by Crippen LogP contribution is -2.06. The Bertz CT molecular complexity index is 147. The van der Waals surface area contributed by atoms with Gasteiger partial charge in [0.15, 0.2) is 0 Å². The lowest BCUT2D eigenvalue weighted by molar-refractivity contribution is -0.119. The van der Waals surface area contributed by atoms with Gasteiger partial charge < -0.3 is 0 Å². The molecule has 0 aliphatic heterocycles. The van der Waals surface area contributed by atoms with Gasteiger partial charge in [0.25, 0.3) is 0 Å². The molecular weight excluding hydrogens is 148 g/mol. The lowest BCUT2D eigenvalue weighted by Gasteiger charge is -2.05. The molecule has 0 aromatic rings. The van der Waals surface area contributed by atoms with Crippen LogP contribution in [0.3, 0.4) is 0 Å². The number of carbonyl (C=O) groups excluding carboxylic acids is 1. The summed E-state index contributed by atoms with van der Waals surface area (Å²) in [6.45, 7) is 5.94. The number of hydrogen-bond acceptors (Lipinski definition) is 1. The van der Waals surface area contributed by atoms with Gasteiger partial charge in [0, 0.05) is 5.92 Å². The summed E-state index contributed by atoms with van der Waals surface area (Å²) < 4.78 is 0. The maximum Gasteiger partial charge on any atom is 0.136 e. The fraction of sp³-hybridized carbons (Fsp3) is 0.727. The van der Waals surface area contributed by atoms with Crippen molar-refractivity contribution in [2.75, 3.05) is 0 Å². The smallest absolute Gasteiger partial charge is 0.136 e. The minimum Gasteiger partial charge on any atom is -0.299 e. The first-order valence-corrected chi connectivity index (χ1v) is 4.89. The zero-order chi connectivity index (χ0) is 9.40. The zero-order valence-corrected chi connectivity index (χ0v) is 8.47. The van der Waals surface area contributed by atoms with Crippen molar-refractivity contribution in [1.29, 1.82) is 0 Å². The molecule has 0 aromatic carbocycles. The van der Waals surface area contributed by atoms with Crippen LogP contribution in [0.5, 0.6) is 0 Å². The van der Waals surface area contributed by atoms with E-state index in [0.29, 0.717) is 5.78 Å². The van der Waals surface area contributed by atoms with Crippen molar-refractivity contribution in [3.05, 3.63) is 12.2 Å². The first-order chi connectivity index (χ1) is 5.72. The van der Waals surface area contributed by atoms with Crippen LogP contribution in [-0.2, 0) is 4.79 Å². The maximum absolute atomic E-state index is 11.1. The van der Waals surface area contributed by atoms with Crippen LogP contribution in [0.2, 0.25) is 0 Å². The molecule has 0 saturated heterocycles. The summed E-state index contributed by atoms with van der Waals surface area (Å²) in [5.74, 6) is 0.464. The van der Waals surface area contributed by atoms with Crippen LogP contribution >= 0.6 is 0 Å². The van der Waals surface area contributed by atoms with Gasteiger partial charge in [-0.05, 0) is 19.8 Å². The molecule has 0 N–H and O–H groups in total. The van der Waals surface area contributed by atoms with E-state index in [-0.39, 0.29) is 5.92 Å². The van der Waals surface area contributed by atoms with Gasteiger partial charge in [-0.2, -0.15) is 0 Å². The van der Waals surface area contributed by atoms with E-state index in [1.165, 1.54) is 0 Å². The predicted octanol–water partition coefficient (Wildman–Crippen LogP) is 3.35. The van der Waals surface area contributed by atoms with Crippen LogP contribution in [0.25, 0.3) is 0 Å². The molecule has 0 heterocycles. The Morgan fingerprint density at radius 1 is 1.33 bits per heavy atom. The summed E-state index contributed by atoms with van der Waals surface area (Å²) >= 11 is 0. The molecule has 0 aliphatic carbocycles. The zero-order valence-electron chi connectivity index (χ0n) is 8.47. The molecule has 0 radical (unpaired) electrons. The van der Waals surface area contributed by atoms with E-state index in [2.05, 4.69) is 26.0 Å². The van der Waals surface area contributed by atoms with Gasteiger partial charge in [-0.25, -0.2) is 0 Å². The average Bonchev–Trinajstić information content (AvgIpc) is 2.03. The van der Waals surface area contributed by atoms with Crippen LogP contribution in [0.4, 0.5) is 0 Å². The summed E-state index contributed by atoms with van der Waals surface area (Å²) in [7, 11) is 0. The highest BCUT2D eigenvalue weighted by atomic mass is 16.1. The Hall–Kier alpha value is -0.590. The maximum atomic E-state index is 11.1. The molecule has 1 nitrogen and oxygen atoms in total. The van der Waals surface area contributed by atoms with E-state index in [4.69, 9.17) is 0 Å². The number of rotatable bonds is 6. The van der Waals surface area contributed by atoms with E-state index < -0.39 is 0 Å². The summed E-state index contributed by atoms with van der Waals surface area (Å²) in [6.07, 6.45) is 8.52. The van der Waals surface area contributed by atoms with Gasteiger partial charge >= 0.3 is 0 Å². The molecule has 0 fully saturated rings. The summed E-state index contributed by atoms with van der Waals surface area (Å²) in [5, 5.41) is 0. The van der Waals surface area contributed by atoms with Crippen molar-refractivity contribution in [1.82, 2.24) is 0 Å². The van der Waals surface area contributed by atoms with Gasteiger partial charge in [0.1, 0.15) is 5.78 Å². The number of unbranched alkanes of at least 4 members (excludes halogenated alkanes) is 1. The first-order valence-electron chi connectivity index (χ1n) is 4.89. The largest absolute Gasteiger partial charge is 0.299 e. The number of allylic oxidation sites excluding steroid dienone is 2. The van der Waals surface area contributed by atoms with E-state index in [1.54, 1.807) is 6.92 Å². The Labute approximate surface area is 75.9 Å². The van der Waals surface area contributed by atoms with Gasteiger partial charge in [0.2, 0.25) is 0 Å². The molecule has 70 valence electrons. The van der Waals surface area contributed by atoms with E-state index in [9.17, 15) is 4.79 Å². The second-order valence-electron chi connectivity index (χ2n) is 3.22. The normalized spacial score (nSPS) is 13.6. The van der Waals surface area contributed by atoms with Gasteiger partial charge in [0.05, 0.1) is 0 Å². The summed E-state index contributed by atoms with van der Waals surface area (Å²) in [4.78, 5) is 11.1. The SMILES string of the molecule is CCC/C=C/C(CCC)C(C)=O. The minimum absolute atomic E-state index is 0.168. The van der Waals surface area contributed by atoms with Crippen LogP contribution in [0.1, 0.15) is 46.5 Å². The Morgan fingerprint density at radius 2 is 2.00 bits per heavy atom. The molecule has 0 bridgehead atoms. The van der Waals surface area contributed by atoms with Crippen molar-refractivity contribution in [2.24, 2.45) is 5.92 Å². The van der Waals surface area contributed by atoms with Crippen molar-refractivity contribution in [3.8, 4) is 0 Å². The van der Waals surface area contributed by atoms with Crippen molar-refractivity contribution >= 4 is 5.78 Å². The molecule has 0 saturated carbocycles. The third-order valence-corrected chi connectivity index (χ3v) is 1.95. The molecule has 0 spiro atoms. The molecular formula is C11H20O. The average molecular weight is 168 g/mol. The molecule has 1 heteroatoms. The Balaban J connectivity index is 3.85. The van der Waals surface area contributed by atoms with Gasteiger partial charge in [-0.1, -0.05) is 38.8 Å². The quantitative estimate of drug-likeness (QED) is 0.556. The van der Waals surface area contributed by atoms with E-state index in [1.807, 2.05) is 0 Å². The van der Waals surface area contributed by atoms with Crippen molar-refractivity contribution < 1.29 is 4.79 Å². The molecule has 0 amide bonds. The number of hydrogen-bond donors (Lipinski definition) is 0. The van der Waals surface area contributed by atoms with Crippen LogP contribution in [-0.4, -0.2) is 5.78 Å². The summed E-state index contributed by atoms with van der Waals surface area (Å²) in [6, 6.07) is 0. The van der Waals surface area contributed by atoms with Crippen molar-refractivity contribution in [3.63, 3.8) is 0 Å². The third-order valence-electron chi connectivity index (χ3n) is 1.95. The monoisotopic (exact) mass is 168 g/mol. The minimum atomic E-state index is 0.168. The fourth-order valence-electron chi connectivity index (χ4n) is 1.17. The van der Waals surface area contributed by atoms with E-state index >= 15 is 0 Å². The second kappa shape index (κ2) is 7.08. The molecule has 1 atom stereocenters. The highest BCUT2D eigenvalue weighted by molar-refractivity contribution is 5.79. The first kappa shape index (κ1) is 11.4. The van der Waals surface area contributed by atoms with Crippen LogP contribution < -0.4 is 0 Å². The van der Waals surface area contributed by atoms with Gasteiger partial charge in [-0.3, -0.25) is 4.79 Å². The van der Waals surface area contributed by atoms with Crippen LogP contribution in [0.15, 0.2) is 12.2 Å². The van der Waals surface area contributed by atoms with E-state index in [0.717, 1.165) is 25.7 Å². The highest BCUT2D eigenvalue weighted by Crippen LogP contribution is 2.09. The molecule has 0 aliphatic rings. The lowest BCUT2D eigenvalue weighted by atomic mass is 9.99. The number of Topliss-reactive ketones (excluding diaryl/α,β-unsaturated/α-hetero) is 1. The highest BCUT2D eigenvalue weighted by Gasteiger charge is 2.07. The molecule has 0 rings (SSSR count). The molecule has 0 aromatic heterocycles. The Morgan fingerprint density at radius 3 is 2.42 bits per heavy atom. The van der Waals surface area contributed by atoms with Crippen LogP contribution in [0, 0.1) is 5.92 Å². The standard InChI is InChI=1S/C11H20O/c1-4-6-7-9-11(8-5-2)10(3)12/h7,9,11H,4-6,8H2,1-3H3/b9-7+. The number of ketones is 1. The Kier molecular flexibility index (Phi) is 6.73. The topological polar surface area (TPSA) is 17.1 Å². The molecule has 1 unspecified atom stereocenters. The van der Waals surface area contributed by atoms with Gasteiger partial charge in [-0.15, -0.1) is 0 Å². The summed E-state index contributed by atoms with van der Waals surface area (Å²) in [5.41, 5.74) is 0. The predicted molar refractivity (Wildman–Crippen MR) is 53.1 cm³/mol. The third kappa shape index (κ3) is 5.11.